The molecule has 1 aliphatic carbocycles. The Bertz CT molecular complexity index is 929. The summed E-state index contributed by atoms with van der Waals surface area (Å²) in [5.74, 6) is 0.777. The fraction of sp³-hybridized carbons (Fsp3) is 0.435. The van der Waals surface area contributed by atoms with Crippen LogP contribution < -0.4 is 4.74 Å². The van der Waals surface area contributed by atoms with Crippen molar-refractivity contribution < 1.29 is 24.2 Å². The number of carbonyl (C=O) groups is 2. The number of pyridine rings is 1. The molecular formula is C23H26N2O5. The van der Waals surface area contributed by atoms with Gasteiger partial charge in [-0.25, -0.2) is 4.79 Å². The zero-order valence-corrected chi connectivity index (χ0v) is 17.2. The topological polar surface area (TPSA) is 89.0 Å². The lowest BCUT2D eigenvalue weighted by Crippen LogP contribution is -2.42. The van der Waals surface area contributed by atoms with Crippen LogP contribution in [0.4, 0.5) is 0 Å². The molecule has 7 nitrogen and oxygen atoms in total. The molecule has 0 radical (unpaired) electrons. The van der Waals surface area contributed by atoms with E-state index in [1.165, 1.54) is 7.11 Å². The van der Waals surface area contributed by atoms with E-state index in [1.54, 1.807) is 36.5 Å². The summed E-state index contributed by atoms with van der Waals surface area (Å²) < 4.78 is 10.7. The smallest absolute Gasteiger partial charge is 0.337 e. The van der Waals surface area contributed by atoms with Crippen LogP contribution in [0, 0.1) is 18.8 Å². The normalized spacial score (nSPS) is 25.5. The summed E-state index contributed by atoms with van der Waals surface area (Å²) >= 11 is 0. The second kappa shape index (κ2) is 8.44. The Balaban J connectivity index is 1.40. The van der Waals surface area contributed by atoms with E-state index in [0.29, 0.717) is 48.7 Å². The molecule has 1 amide bonds. The predicted molar refractivity (Wildman–Crippen MR) is 109 cm³/mol. The molecule has 2 fully saturated rings. The highest BCUT2D eigenvalue weighted by molar-refractivity contribution is 5.94. The molecule has 1 aromatic heterocycles. The minimum atomic E-state index is -0.593. The molecule has 2 aromatic rings. The highest BCUT2D eigenvalue weighted by atomic mass is 16.5. The number of benzene rings is 1. The van der Waals surface area contributed by atoms with E-state index in [9.17, 15) is 14.7 Å². The Morgan fingerprint density at radius 3 is 2.43 bits per heavy atom. The molecule has 4 atom stereocenters. The molecule has 1 saturated carbocycles. The van der Waals surface area contributed by atoms with Gasteiger partial charge in [0.1, 0.15) is 11.9 Å². The lowest BCUT2D eigenvalue weighted by Gasteiger charge is -2.35. The number of rotatable bonds is 4. The monoisotopic (exact) mass is 410 g/mol. The maximum absolute atomic E-state index is 12.9. The van der Waals surface area contributed by atoms with Crippen LogP contribution in [0.2, 0.25) is 0 Å². The molecule has 1 N–H and O–H groups in total. The van der Waals surface area contributed by atoms with E-state index >= 15 is 0 Å². The minimum absolute atomic E-state index is 0.0141. The number of amides is 1. The van der Waals surface area contributed by atoms with Crippen molar-refractivity contribution >= 4 is 11.9 Å². The van der Waals surface area contributed by atoms with E-state index < -0.39 is 12.1 Å². The Kier molecular flexibility index (Phi) is 5.72. The van der Waals surface area contributed by atoms with Gasteiger partial charge >= 0.3 is 5.97 Å². The third kappa shape index (κ3) is 4.16. The van der Waals surface area contributed by atoms with Crippen LogP contribution in [0.1, 0.15) is 39.3 Å². The summed E-state index contributed by atoms with van der Waals surface area (Å²) in [6.45, 7) is 3.19. The highest BCUT2D eigenvalue weighted by Crippen LogP contribution is 2.38. The van der Waals surface area contributed by atoms with E-state index in [4.69, 9.17) is 9.47 Å². The van der Waals surface area contributed by atoms with Gasteiger partial charge in [-0.15, -0.1) is 0 Å². The van der Waals surface area contributed by atoms with Crippen molar-refractivity contribution in [1.29, 1.82) is 0 Å². The number of hydrogen-bond donors (Lipinski definition) is 1. The number of aliphatic hydroxyl groups is 1. The summed E-state index contributed by atoms with van der Waals surface area (Å²) in [5, 5.41) is 10.6. The average molecular weight is 410 g/mol. The summed E-state index contributed by atoms with van der Waals surface area (Å²) in [7, 11) is 1.34. The molecule has 158 valence electrons. The molecule has 1 saturated heterocycles. The first-order valence-corrected chi connectivity index (χ1v) is 10.2. The van der Waals surface area contributed by atoms with E-state index in [2.05, 4.69) is 4.98 Å². The van der Waals surface area contributed by atoms with Crippen LogP contribution in [-0.4, -0.2) is 59.3 Å². The van der Waals surface area contributed by atoms with E-state index in [0.717, 1.165) is 5.69 Å². The summed E-state index contributed by atoms with van der Waals surface area (Å²) in [4.78, 5) is 30.5. The largest absolute Gasteiger partial charge is 0.488 e. The highest BCUT2D eigenvalue weighted by Gasteiger charge is 2.44. The fourth-order valence-electron chi connectivity index (χ4n) is 4.51. The van der Waals surface area contributed by atoms with Crippen molar-refractivity contribution in [3.05, 3.63) is 59.4 Å². The molecule has 0 spiro atoms. The van der Waals surface area contributed by atoms with Crippen molar-refractivity contribution in [3.63, 3.8) is 0 Å². The number of hydrogen-bond acceptors (Lipinski definition) is 6. The summed E-state index contributed by atoms with van der Waals surface area (Å²) in [5.41, 5.74) is 1.92. The average Bonchev–Trinajstić information content (AvgIpc) is 3.16. The van der Waals surface area contributed by atoms with Crippen molar-refractivity contribution in [1.82, 2.24) is 9.88 Å². The molecular weight excluding hydrogens is 384 g/mol. The third-order valence-corrected chi connectivity index (χ3v) is 6.08. The number of carbonyl (C=O) groups excluding carboxylic acids is 2. The maximum Gasteiger partial charge on any atom is 0.337 e. The van der Waals surface area contributed by atoms with Gasteiger partial charge < -0.3 is 19.5 Å². The number of ether oxygens (including phenoxy) is 2. The minimum Gasteiger partial charge on any atom is -0.488 e. The number of aryl methyl sites for hydroxylation is 1. The first kappa shape index (κ1) is 20.3. The predicted octanol–water partition coefficient (Wildman–Crippen LogP) is 2.47. The summed E-state index contributed by atoms with van der Waals surface area (Å²) in [6, 6.07) is 10.3. The number of esters is 1. The number of aliphatic hydroxyl groups excluding tert-OH is 1. The molecule has 1 aromatic carbocycles. The SMILES string of the molecule is COC(=O)c1ccc(O[C@@H]2C[C@@H]3CN(C(=O)c4ccnc(C)c4)C[C@@H]3C[C@H]2O)cc1. The molecule has 2 heterocycles. The van der Waals surface area contributed by atoms with Gasteiger partial charge in [0.2, 0.25) is 0 Å². The molecule has 2 aliphatic rings. The number of methoxy groups -OCH3 is 1. The van der Waals surface area contributed by atoms with Gasteiger partial charge in [-0.2, -0.15) is 0 Å². The zero-order valence-electron chi connectivity index (χ0n) is 17.2. The molecule has 4 rings (SSSR count). The van der Waals surface area contributed by atoms with Crippen molar-refractivity contribution in [3.8, 4) is 5.75 Å². The van der Waals surface area contributed by atoms with Gasteiger partial charge in [0.25, 0.3) is 5.91 Å². The van der Waals surface area contributed by atoms with Crippen LogP contribution in [-0.2, 0) is 4.74 Å². The number of likely N-dealkylation sites (tertiary alicyclic amines) is 1. The van der Waals surface area contributed by atoms with Crippen LogP contribution in [0.3, 0.4) is 0 Å². The number of fused-ring (bicyclic) bond motifs is 1. The van der Waals surface area contributed by atoms with Crippen LogP contribution in [0.15, 0.2) is 42.6 Å². The quantitative estimate of drug-likeness (QED) is 0.779. The number of nitrogens with zero attached hydrogens (tertiary/aromatic N) is 2. The second-order valence-electron chi connectivity index (χ2n) is 8.13. The molecule has 7 heteroatoms. The van der Waals surface area contributed by atoms with Crippen LogP contribution >= 0.6 is 0 Å². The Labute approximate surface area is 175 Å². The molecule has 0 bridgehead atoms. The fourth-order valence-corrected chi connectivity index (χ4v) is 4.51. The number of aromatic nitrogens is 1. The Hall–Kier alpha value is -2.93. The van der Waals surface area contributed by atoms with Crippen LogP contribution in [0.25, 0.3) is 0 Å². The van der Waals surface area contributed by atoms with Crippen molar-refractivity contribution in [2.45, 2.75) is 32.0 Å². The Morgan fingerprint density at radius 1 is 1.07 bits per heavy atom. The molecule has 0 unspecified atom stereocenters. The molecule has 1 aliphatic heterocycles. The van der Waals surface area contributed by atoms with Crippen LogP contribution in [0.5, 0.6) is 5.75 Å². The first-order chi connectivity index (χ1) is 14.4. The van der Waals surface area contributed by atoms with Gasteiger partial charge in [0.15, 0.2) is 0 Å². The van der Waals surface area contributed by atoms with Gasteiger partial charge in [0.05, 0.1) is 18.8 Å². The first-order valence-electron chi connectivity index (χ1n) is 10.2. The second-order valence-corrected chi connectivity index (χ2v) is 8.13. The molecule has 30 heavy (non-hydrogen) atoms. The zero-order chi connectivity index (χ0) is 21.3. The summed E-state index contributed by atoms with van der Waals surface area (Å²) in [6.07, 6.45) is 2.02. The Morgan fingerprint density at radius 2 is 1.77 bits per heavy atom. The standard InChI is InChI=1S/C23H26N2O5/c1-14-9-16(7-8-24-14)22(27)25-12-17-10-20(26)21(11-18(17)13-25)30-19-5-3-15(4-6-19)23(28)29-2/h3-9,17-18,20-21,26H,10-13H2,1-2H3/t17-,18+,20+,21+/m0/s1. The van der Waals surface area contributed by atoms with Gasteiger partial charge in [-0.3, -0.25) is 9.78 Å². The van der Waals surface area contributed by atoms with E-state index in [-0.39, 0.29) is 17.9 Å². The van der Waals surface area contributed by atoms with E-state index in [1.807, 2.05) is 17.9 Å². The van der Waals surface area contributed by atoms with Crippen molar-refractivity contribution in [2.75, 3.05) is 20.2 Å². The maximum atomic E-state index is 12.9. The van der Waals surface area contributed by atoms with Crippen molar-refractivity contribution in [2.24, 2.45) is 11.8 Å². The lowest BCUT2D eigenvalue weighted by molar-refractivity contribution is -0.0231. The lowest BCUT2D eigenvalue weighted by atomic mass is 9.78. The van der Waals surface area contributed by atoms with Gasteiger partial charge in [-0.05, 0) is 68.0 Å². The van der Waals surface area contributed by atoms with Gasteiger partial charge in [-0.1, -0.05) is 0 Å². The third-order valence-electron chi connectivity index (χ3n) is 6.08. The van der Waals surface area contributed by atoms with Gasteiger partial charge in [0, 0.05) is 30.5 Å².